The Balaban J connectivity index is 2.89. The van der Waals surface area contributed by atoms with E-state index in [9.17, 15) is 9.18 Å². The summed E-state index contributed by atoms with van der Waals surface area (Å²) >= 11 is 8.55. The van der Waals surface area contributed by atoms with E-state index in [4.69, 9.17) is 11.6 Å². The highest BCUT2D eigenvalue weighted by atomic mass is 79.9. The zero-order valence-corrected chi connectivity index (χ0v) is 9.03. The minimum atomic E-state index is -0.501. The van der Waals surface area contributed by atoms with E-state index in [1.807, 2.05) is 0 Å². The number of carbonyl (C=O) groups excluding carboxylic acids is 1. The number of hydrogen-bond acceptors (Lipinski definition) is 1. The molecule has 0 radical (unpaired) electrons. The first-order chi connectivity index (χ1) is 6.15. The first-order valence-corrected chi connectivity index (χ1v) is 5.15. The summed E-state index contributed by atoms with van der Waals surface area (Å²) in [6.45, 7) is 0. The van der Waals surface area contributed by atoms with Gasteiger partial charge in [-0.1, -0.05) is 39.7 Å². The molecule has 0 fully saturated rings. The van der Waals surface area contributed by atoms with Gasteiger partial charge in [0.15, 0.2) is 0 Å². The Kier molecular flexibility index (Phi) is 3.88. The van der Waals surface area contributed by atoms with E-state index in [1.54, 1.807) is 12.1 Å². The SMILES string of the molecule is O=C(CBr)Cc1cccc(Cl)c1F. The van der Waals surface area contributed by atoms with Crippen molar-refractivity contribution >= 4 is 33.3 Å². The van der Waals surface area contributed by atoms with E-state index in [-0.39, 0.29) is 22.6 Å². The molecule has 0 spiro atoms. The van der Waals surface area contributed by atoms with Crippen molar-refractivity contribution in [1.82, 2.24) is 0 Å². The van der Waals surface area contributed by atoms with Crippen LogP contribution in [0.5, 0.6) is 0 Å². The molecule has 0 heterocycles. The van der Waals surface area contributed by atoms with Crippen molar-refractivity contribution in [2.24, 2.45) is 0 Å². The molecular formula is C9H7BrClFO. The highest BCUT2D eigenvalue weighted by molar-refractivity contribution is 9.09. The van der Waals surface area contributed by atoms with E-state index in [0.29, 0.717) is 5.56 Å². The molecule has 0 aliphatic heterocycles. The Labute approximate surface area is 89.0 Å². The summed E-state index contributed by atoms with van der Waals surface area (Å²) in [4.78, 5) is 11.0. The number of carbonyl (C=O) groups is 1. The van der Waals surface area contributed by atoms with Crippen molar-refractivity contribution in [2.75, 3.05) is 5.33 Å². The van der Waals surface area contributed by atoms with Crippen molar-refractivity contribution < 1.29 is 9.18 Å². The molecule has 13 heavy (non-hydrogen) atoms. The quantitative estimate of drug-likeness (QED) is 0.768. The molecule has 1 aromatic carbocycles. The van der Waals surface area contributed by atoms with Crippen molar-refractivity contribution in [2.45, 2.75) is 6.42 Å². The third kappa shape index (κ3) is 2.78. The monoisotopic (exact) mass is 264 g/mol. The maximum Gasteiger partial charge on any atom is 0.147 e. The molecule has 0 aliphatic rings. The lowest BCUT2D eigenvalue weighted by atomic mass is 10.1. The lowest BCUT2D eigenvalue weighted by Crippen LogP contribution is -2.05. The van der Waals surface area contributed by atoms with Crippen LogP contribution in [0.15, 0.2) is 18.2 Å². The molecule has 0 aromatic heterocycles. The number of alkyl halides is 1. The van der Waals surface area contributed by atoms with E-state index in [1.165, 1.54) is 6.07 Å². The van der Waals surface area contributed by atoms with Gasteiger partial charge in [-0.05, 0) is 11.6 Å². The maximum atomic E-state index is 13.2. The zero-order valence-electron chi connectivity index (χ0n) is 6.69. The fourth-order valence-corrected chi connectivity index (χ4v) is 1.34. The van der Waals surface area contributed by atoms with Crippen LogP contribution >= 0.6 is 27.5 Å². The Hall–Kier alpha value is -0.410. The number of halogens is 3. The molecule has 0 atom stereocenters. The summed E-state index contributed by atoms with van der Waals surface area (Å²) in [5.41, 5.74) is 0.344. The number of ketones is 1. The van der Waals surface area contributed by atoms with Gasteiger partial charge >= 0.3 is 0 Å². The van der Waals surface area contributed by atoms with Gasteiger partial charge in [0.2, 0.25) is 0 Å². The second-order valence-electron chi connectivity index (χ2n) is 2.56. The normalized spacial score (nSPS) is 10.1. The van der Waals surface area contributed by atoms with Gasteiger partial charge in [-0.3, -0.25) is 4.79 Å². The highest BCUT2D eigenvalue weighted by Crippen LogP contribution is 2.18. The fraction of sp³-hybridized carbons (Fsp3) is 0.222. The Morgan fingerprint density at radius 3 is 2.85 bits per heavy atom. The van der Waals surface area contributed by atoms with Crippen LogP contribution in [-0.2, 0) is 11.2 Å². The van der Waals surface area contributed by atoms with Crippen LogP contribution in [0.2, 0.25) is 5.02 Å². The molecule has 1 nitrogen and oxygen atoms in total. The van der Waals surface area contributed by atoms with Gasteiger partial charge < -0.3 is 0 Å². The van der Waals surface area contributed by atoms with Gasteiger partial charge in [-0.2, -0.15) is 0 Å². The van der Waals surface area contributed by atoms with Crippen LogP contribution in [0.25, 0.3) is 0 Å². The standard InChI is InChI=1S/C9H7BrClFO/c10-5-7(13)4-6-2-1-3-8(11)9(6)12/h1-3H,4-5H2. The Morgan fingerprint density at radius 2 is 2.23 bits per heavy atom. The minimum Gasteiger partial charge on any atom is -0.298 e. The zero-order chi connectivity index (χ0) is 9.84. The first kappa shape index (κ1) is 10.7. The smallest absolute Gasteiger partial charge is 0.147 e. The topological polar surface area (TPSA) is 17.1 Å². The second-order valence-corrected chi connectivity index (χ2v) is 3.53. The number of rotatable bonds is 3. The van der Waals surface area contributed by atoms with Gasteiger partial charge in [-0.25, -0.2) is 4.39 Å². The third-order valence-corrected chi connectivity index (χ3v) is 2.49. The van der Waals surface area contributed by atoms with Gasteiger partial charge in [0.05, 0.1) is 10.4 Å². The van der Waals surface area contributed by atoms with E-state index in [0.717, 1.165) is 0 Å². The summed E-state index contributed by atoms with van der Waals surface area (Å²) in [5, 5.41) is 0.291. The van der Waals surface area contributed by atoms with Crippen LogP contribution in [0.1, 0.15) is 5.56 Å². The van der Waals surface area contributed by atoms with Crippen LogP contribution in [0, 0.1) is 5.82 Å². The van der Waals surface area contributed by atoms with Crippen LogP contribution in [0.3, 0.4) is 0 Å². The Morgan fingerprint density at radius 1 is 1.54 bits per heavy atom. The average molecular weight is 266 g/mol. The maximum absolute atomic E-state index is 13.2. The molecular weight excluding hydrogens is 258 g/mol. The van der Waals surface area contributed by atoms with E-state index < -0.39 is 5.82 Å². The summed E-state index contributed by atoms with van der Waals surface area (Å²) in [6.07, 6.45) is 0.0810. The van der Waals surface area contributed by atoms with Crippen LogP contribution in [-0.4, -0.2) is 11.1 Å². The number of Topliss-reactive ketones (excluding diaryl/α,β-unsaturated/α-hetero) is 1. The average Bonchev–Trinajstić information content (AvgIpc) is 2.13. The first-order valence-electron chi connectivity index (χ1n) is 3.65. The second kappa shape index (κ2) is 4.72. The van der Waals surface area contributed by atoms with Gasteiger partial charge in [-0.15, -0.1) is 0 Å². The summed E-state index contributed by atoms with van der Waals surface area (Å²) in [5.74, 6) is -0.570. The summed E-state index contributed by atoms with van der Waals surface area (Å²) in [6, 6.07) is 4.64. The third-order valence-electron chi connectivity index (χ3n) is 1.57. The molecule has 4 heteroatoms. The van der Waals surface area contributed by atoms with Crippen molar-refractivity contribution in [3.8, 4) is 0 Å². The molecule has 0 aliphatic carbocycles. The van der Waals surface area contributed by atoms with Crippen LogP contribution < -0.4 is 0 Å². The van der Waals surface area contributed by atoms with Gasteiger partial charge in [0.1, 0.15) is 11.6 Å². The molecule has 1 aromatic rings. The fourth-order valence-electron chi connectivity index (χ4n) is 0.945. The van der Waals surface area contributed by atoms with E-state index >= 15 is 0 Å². The molecule has 0 N–H and O–H groups in total. The van der Waals surface area contributed by atoms with Crippen molar-refractivity contribution in [3.63, 3.8) is 0 Å². The molecule has 1 rings (SSSR count). The van der Waals surface area contributed by atoms with Crippen molar-refractivity contribution in [3.05, 3.63) is 34.6 Å². The molecule has 0 saturated heterocycles. The van der Waals surface area contributed by atoms with Gasteiger partial charge in [0.25, 0.3) is 0 Å². The number of hydrogen-bond donors (Lipinski definition) is 0. The summed E-state index contributed by atoms with van der Waals surface area (Å²) in [7, 11) is 0. The predicted molar refractivity (Wildman–Crippen MR) is 53.9 cm³/mol. The molecule has 0 bridgehead atoms. The molecule has 0 amide bonds. The largest absolute Gasteiger partial charge is 0.298 e. The van der Waals surface area contributed by atoms with Crippen molar-refractivity contribution in [1.29, 1.82) is 0 Å². The Bertz CT molecular complexity index is 327. The summed E-state index contributed by atoms with van der Waals surface area (Å²) < 4.78 is 13.2. The minimum absolute atomic E-state index is 0.0554. The molecule has 0 saturated carbocycles. The van der Waals surface area contributed by atoms with E-state index in [2.05, 4.69) is 15.9 Å². The van der Waals surface area contributed by atoms with Crippen LogP contribution in [0.4, 0.5) is 4.39 Å². The lowest BCUT2D eigenvalue weighted by Gasteiger charge is -2.01. The highest BCUT2D eigenvalue weighted by Gasteiger charge is 2.09. The number of benzene rings is 1. The predicted octanol–water partition coefficient (Wildman–Crippen LogP) is 2.99. The lowest BCUT2D eigenvalue weighted by molar-refractivity contribution is -0.115. The molecule has 70 valence electrons. The van der Waals surface area contributed by atoms with Gasteiger partial charge in [0, 0.05) is 6.42 Å². The molecule has 0 unspecified atom stereocenters.